The Kier molecular flexibility index (Phi) is 11.7. The lowest BCUT2D eigenvalue weighted by atomic mass is 10.2. The Hall–Kier alpha value is -2.25. The summed E-state index contributed by atoms with van der Waals surface area (Å²) in [5.74, 6) is -1.14. The van der Waals surface area contributed by atoms with E-state index in [-0.39, 0.29) is 57.1 Å². The number of rotatable bonds is 13. The van der Waals surface area contributed by atoms with Crippen LogP contribution in [-0.2, 0) is 34.2 Å². The summed E-state index contributed by atoms with van der Waals surface area (Å²) < 4.78 is 66.8. The number of ether oxygens (including phenoxy) is 3. The predicted molar refractivity (Wildman–Crippen MR) is 147 cm³/mol. The normalized spacial score (nSPS) is 13.3. The van der Waals surface area contributed by atoms with E-state index in [2.05, 4.69) is 0 Å². The molecule has 39 heavy (non-hydrogen) atoms. The van der Waals surface area contributed by atoms with Crippen LogP contribution in [-0.4, -0.2) is 71.0 Å². The first-order valence-electron chi connectivity index (χ1n) is 11.4. The lowest BCUT2D eigenvalue weighted by molar-refractivity contribution is -0.146. The molecule has 10 nitrogen and oxygen atoms in total. The molecule has 216 valence electrons. The van der Waals surface area contributed by atoms with E-state index in [0.717, 1.165) is 17.5 Å². The van der Waals surface area contributed by atoms with Crippen molar-refractivity contribution >= 4 is 66.5 Å². The molecule has 0 aliphatic carbocycles. The first-order chi connectivity index (χ1) is 18.1. The van der Waals surface area contributed by atoms with Crippen molar-refractivity contribution in [2.24, 2.45) is 5.92 Å². The smallest absolute Gasteiger partial charge is 0.303 e. The van der Waals surface area contributed by atoms with E-state index in [1.807, 2.05) is 0 Å². The average molecular weight is 645 g/mol. The topological polar surface area (TPSA) is 133 Å². The molecule has 0 aromatic heterocycles. The van der Waals surface area contributed by atoms with E-state index in [1.54, 1.807) is 6.92 Å². The van der Waals surface area contributed by atoms with Crippen molar-refractivity contribution in [1.82, 2.24) is 4.31 Å². The number of sulfone groups is 1. The molecule has 1 amide bonds. The van der Waals surface area contributed by atoms with Gasteiger partial charge >= 0.3 is 5.97 Å². The van der Waals surface area contributed by atoms with E-state index in [1.165, 1.54) is 43.3 Å². The van der Waals surface area contributed by atoms with Crippen LogP contribution >= 0.6 is 34.8 Å². The van der Waals surface area contributed by atoms with Crippen LogP contribution in [0.3, 0.4) is 0 Å². The zero-order valence-corrected chi connectivity index (χ0v) is 25.4. The van der Waals surface area contributed by atoms with Crippen molar-refractivity contribution < 1.29 is 40.6 Å². The van der Waals surface area contributed by atoms with Gasteiger partial charge < -0.3 is 14.2 Å². The first-order valence-corrected chi connectivity index (χ1v) is 16.0. The van der Waals surface area contributed by atoms with Crippen LogP contribution in [0.4, 0.5) is 0 Å². The lowest BCUT2D eigenvalue weighted by Crippen LogP contribution is -2.38. The van der Waals surface area contributed by atoms with Gasteiger partial charge in [0.15, 0.2) is 5.75 Å². The molecule has 0 spiro atoms. The fourth-order valence-corrected chi connectivity index (χ4v) is 6.46. The van der Waals surface area contributed by atoms with Crippen LogP contribution in [0.15, 0.2) is 46.2 Å². The summed E-state index contributed by atoms with van der Waals surface area (Å²) >= 11 is 18.2. The van der Waals surface area contributed by atoms with Gasteiger partial charge in [-0.25, -0.2) is 21.1 Å². The number of benzene rings is 2. The Balaban J connectivity index is 2.12. The Bertz CT molecular complexity index is 1380. The average Bonchev–Trinajstić information content (AvgIpc) is 2.83. The van der Waals surface area contributed by atoms with Gasteiger partial charge in [0.05, 0.1) is 38.6 Å². The molecule has 2 aromatic rings. The summed E-state index contributed by atoms with van der Waals surface area (Å²) in [6.45, 7) is 3.99. The molecule has 0 radical (unpaired) electrons. The number of carbonyl (C=O) groups excluding carboxylic acids is 2. The molecule has 0 heterocycles. The standard InChI is InChI=1S/C24H28Cl3NO9S2/c1-15(12-28(16(2)29)38(4,31)32)13-35-18-5-7-20(8-6-18)39(33,34)21-9-22(26)24(23(27)10-21)36-14-19(11-25)37-17(3)30/h5-10,15,19H,11-14H2,1-4H3. The van der Waals surface area contributed by atoms with Gasteiger partial charge in [-0.1, -0.05) is 30.1 Å². The molecule has 0 aliphatic heterocycles. The molecule has 0 N–H and O–H groups in total. The zero-order valence-electron chi connectivity index (χ0n) is 21.5. The third-order valence-corrected chi connectivity index (χ3v) is 8.96. The van der Waals surface area contributed by atoms with Crippen molar-refractivity contribution in [3.05, 3.63) is 46.4 Å². The second kappa shape index (κ2) is 13.9. The molecular weight excluding hydrogens is 617 g/mol. The molecule has 2 rings (SSSR count). The Morgan fingerprint density at radius 3 is 1.95 bits per heavy atom. The largest absolute Gasteiger partial charge is 0.493 e. The number of amides is 1. The van der Waals surface area contributed by atoms with E-state index < -0.39 is 37.8 Å². The second-order valence-corrected chi connectivity index (χ2v) is 13.6. The quantitative estimate of drug-likeness (QED) is 0.232. The maximum absolute atomic E-state index is 13.2. The highest BCUT2D eigenvalue weighted by Crippen LogP contribution is 2.37. The second-order valence-electron chi connectivity index (χ2n) is 8.62. The van der Waals surface area contributed by atoms with E-state index in [9.17, 15) is 26.4 Å². The van der Waals surface area contributed by atoms with Gasteiger partial charge in [0.1, 0.15) is 18.5 Å². The fourth-order valence-electron chi connectivity index (χ4n) is 3.27. The maximum Gasteiger partial charge on any atom is 0.303 e. The summed E-state index contributed by atoms with van der Waals surface area (Å²) in [5, 5.41) is -0.139. The highest BCUT2D eigenvalue weighted by atomic mass is 35.5. The van der Waals surface area contributed by atoms with E-state index in [0.29, 0.717) is 5.75 Å². The van der Waals surface area contributed by atoms with Crippen LogP contribution in [0.1, 0.15) is 20.8 Å². The minimum Gasteiger partial charge on any atom is -0.493 e. The van der Waals surface area contributed by atoms with Gasteiger partial charge in [-0.2, -0.15) is 0 Å². The zero-order chi connectivity index (χ0) is 29.5. The number of sulfonamides is 1. The first kappa shape index (κ1) is 33.0. The number of carbonyl (C=O) groups is 2. The summed E-state index contributed by atoms with van der Waals surface area (Å²) in [5.41, 5.74) is 0. The van der Waals surface area contributed by atoms with Gasteiger partial charge in [0.2, 0.25) is 25.8 Å². The number of alkyl halides is 1. The molecule has 2 atom stereocenters. The van der Waals surface area contributed by atoms with Crippen LogP contribution in [0.2, 0.25) is 10.0 Å². The molecule has 0 aliphatic rings. The van der Waals surface area contributed by atoms with Crippen molar-refractivity contribution in [1.29, 1.82) is 0 Å². The van der Waals surface area contributed by atoms with Gasteiger partial charge in [0, 0.05) is 26.3 Å². The predicted octanol–water partition coefficient (Wildman–Crippen LogP) is 4.20. The number of halogens is 3. The SMILES string of the molecule is CC(=O)OC(CCl)COc1c(Cl)cc(S(=O)(=O)c2ccc(OCC(C)CN(C(C)=O)S(C)(=O)=O)cc2)cc1Cl. The summed E-state index contributed by atoms with van der Waals surface area (Å²) in [7, 11) is -7.72. The van der Waals surface area contributed by atoms with Gasteiger partial charge in [0.25, 0.3) is 0 Å². The maximum atomic E-state index is 13.2. The molecule has 2 aromatic carbocycles. The Labute approximate surface area is 243 Å². The molecule has 0 saturated heterocycles. The van der Waals surface area contributed by atoms with E-state index in [4.69, 9.17) is 49.0 Å². The van der Waals surface area contributed by atoms with Crippen LogP contribution in [0.5, 0.6) is 11.5 Å². The van der Waals surface area contributed by atoms with Crippen molar-refractivity contribution in [3.63, 3.8) is 0 Å². The van der Waals surface area contributed by atoms with Crippen LogP contribution < -0.4 is 9.47 Å². The van der Waals surface area contributed by atoms with Crippen LogP contribution in [0.25, 0.3) is 0 Å². The van der Waals surface area contributed by atoms with Gasteiger partial charge in [-0.3, -0.25) is 9.59 Å². The van der Waals surface area contributed by atoms with Crippen molar-refractivity contribution in [2.45, 2.75) is 36.7 Å². The molecule has 0 fully saturated rings. The van der Waals surface area contributed by atoms with Crippen molar-refractivity contribution in [3.8, 4) is 11.5 Å². The third-order valence-electron chi connectivity index (χ3n) is 5.10. The minimum absolute atomic E-state index is 0.0108. The van der Waals surface area contributed by atoms with Crippen LogP contribution in [0, 0.1) is 5.92 Å². The fraction of sp³-hybridized carbons (Fsp3) is 0.417. The molecule has 2 unspecified atom stereocenters. The summed E-state index contributed by atoms with van der Waals surface area (Å²) in [4.78, 5) is 22.5. The van der Waals surface area contributed by atoms with E-state index >= 15 is 0 Å². The molecule has 0 bridgehead atoms. The third kappa shape index (κ3) is 9.42. The summed E-state index contributed by atoms with van der Waals surface area (Å²) in [6.07, 6.45) is 0.196. The minimum atomic E-state index is -4.02. The highest BCUT2D eigenvalue weighted by Gasteiger charge is 2.24. The molecule has 0 saturated carbocycles. The van der Waals surface area contributed by atoms with Gasteiger partial charge in [-0.05, 0) is 36.4 Å². The molecule has 15 heteroatoms. The number of esters is 1. The highest BCUT2D eigenvalue weighted by molar-refractivity contribution is 7.91. The Morgan fingerprint density at radius 2 is 1.49 bits per heavy atom. The molecular formula is C24H28Cl3NO9S2. The monoisotopic (exact) mass is 643 g/mol. The number of hydrogen-bond acceptors (Lipinski definition) is 9. The lowest BCUT2D eigenvalue weighted by Gasteiger charge is -2.22. The Morgan fingerprint density at radius 1 is 0.923 bits per heavy atom. The summed E-state index contributed by atoms with van der Waals surface area (Å²) in [6, 6.07) is 7.94. The van der Waals surface area contributed by atoms with Crippen molar-refractivity contribution in [2.75, 3.05) is 31.9 Å². The number of nitrogens with zero attached hydrogens (tertiary/aromatic N) is 1. The van der Waals surface area contributed by atoms with Gasteiger partial charge in [-0.15, -0.1) is 11.6 Å². The number of hydrogen-bond donors (Lipinski definition) is 0.